The molecule has 0 unspecified atom stereocenters. The minimum Gasteiger partial charge on any atom is -0.380 e. The Balaban J connectivity index is 2.91. The third-order valence-corrected chi connectivity index (χ3v) is 0.832. The van der Waals surface area contributed by atoms with E-state index in [1.165, 1.54) is 0 Å². The first-order valence-corrected chi connectivity index (χ1v) is 3.46. The molecule has 0 aromatic heterocycles. The molecule has 0 rings (SSSR count). The molecule has 0 saturated heterocycles. The van der Waals surface area contributed by atoms with Gasteiger partial charge in [-0.1, -0.05) is 13.8 Å². The molecule has 0 radical (unpaired) electrons. The SMILES string of the molecule is CC(C)COC[C@H](C)N. The first-order valence-electron chi connectivity index (χ1n) is 3.46. The van der Waals surface area contributed by atoms with Crippen LogP contribution < -0.4 is 5.73 Å². The molecule has 0 spiro atoms. The first-order chi connectivity index (χ1) is 4.13. The predicted octanol–water partition coefficient (Wildman–Crippen LogP) is 1.01. The molecule has 0 aliphatic rings. The maximum Gasteiger partial charge on any atom is 0.0614 e. The lowest BCUT2D eigenvalue weighted by Gasteiger charge is -2.08. The third-order valence-electron chi connectivity index (χ3n) is 0.832. The van der Waals surface area contributed by atoms with Gasteiger partial charge in [-0.25, -0.2) is 0 Å². The fourth-order valence-corrected chi connectivity index (χ4v) is 0.490. The molecule has 2 N–H and O–H groups in total. The summed E-state index contributed by atoms with van der Waals surface area (Å²) >= 11 is 0. The molecule has 0 aromatic rings. The van der Waals surface area contributed by atoms with Gasteiger partial charge in [-0.05, 0) is 12.8 Å². The number of hydrogen-bond donors (Lipinski definition) is 1. The van der Waals surface area contributed by atoms with Gasteiger partial charge < -0.3 is 10.5 Å². The van der Waals surface area contributed by atoms with Gasteiger partial charge >= 0.3 is 0 Å². The smallest absolute Gasteiger partial charge is 0.0614 e. The fraction of sp³-hybridized carbons (Fsp3) is 1.00. The number of ether oxygens (including phenoxy) is 1. The summed E-state index contributed by atoms with van der Waals surface area (Å²) in [5.41, 5.74) is 5.45. The molecular weight excluding hydrogens is 114 g/mol. The molecular formula is C7H17NO. The van der Waals surface area contributed by atoms with Gasteiger partial charge in [-0.2, -0.15) is 0 Å². The molecule has 0 bridgehead atoms. The van der Waals surface area contributed by atoms with E-state index in [9.17, 15) is 0 Å². The Morgan fingerprint density at radius 1 is 1.22 bits per heavy atom. The summed E-state index contributed by atoms with van der Waals surface area (Å²) in [7, 11) is 0. The summed E-state index contributed by atoms with van der Waals surface area (Å²) in [6, 6.07) is 0.170. The number of rotatable bonds is 4. The van der Waals surface area contributed by atoms with Gasteiger partial charge in [0.2, 0.25) is 0 Å². The van der Waals surface area contributed by atoms with Crippen molar-refractivity contribution in [2.45, 2.75) is 26.8 Å². The topological polar surface area (TPSA) is 35.2 Å². The number of hydrogen-bond acceptors (Lipinski definition) is 2. The molecule has 0 aromatic carbocycles. The van der Waals surface area contributed by atoms with E-state index in [1.54, 1.807) is 0 Å². The van der Waals surface area contributed by atoms with Crippen molar-refractivity contribution in [2.24, 2.45) is 11.7 Å². The Kier molecular flexibility index (Phi) is 4.72. The van der Waals surface area contributed by atoms with Gasteiger partial charge in [0.1, 0.15) is 0 Å². The zero-order chi connectivity index (χ0) is 7.28. The average molecular weight is 131 g/mol. The lowest BCUT2D eigenvalue weighted by atomic mass is 10.2. The van der Waals surface area contributed by atoms with Crippen molar-refractivity contribution in [3.05, 3.63) is 0 Å². The standard InChI is InChI=1S/C7H17NO/c1-6(2)4-9-5-7(3)8/h6-7H,4-5,8H2,1-3H3/t7-/m0/s1. The lowest BCUT2D eigenvalue weighted by molar-refractivity contribution is 0.101. The van der Waals surface area contributed by atoms with Crippen LogP contribution in [0.25, 0.3) is 0 Å². The molecule has 2 heteroatoms. The molecule has 0 amide bonds. The van der Waals surface area contributed by atoms with E-state index in [-0.39, 0.29) is 6.04 Å². The Hall–Kier alpha value is -0.0800. The van der Waals surface area contributed by atoms with Crippen molar-refractivity contribution in [2.75, 3.05) is 13.2 Å². The molecule has 1 atom stereocenters. The van der Waals surface area contributed by atoms with Gasteiger partial charge in [0, 0.05) is 12.6 Å². The summed E-state index contributed by atoms with van der Waals surface area (Å²) < 4.78 is 5.23. The van der Waals surface area contributed by atoms with Gasteiger partial charge in [-0.15, -0.1) is 0 Å². The van der Waals surface area contributed by atoms with E-state index in [0.29, 0.717) is 12.5 Å². The summed E-state index contributed by atoms with van der Waals surface area (Å²) in [5, 5.41) is 0. The van der Waals surface area contributed by atoms with Gasteiger partial charge in [0.25, 0.3) is 0 Å². The molecule has 2 nitrogen and oxygen atoms in total. The maximum absolute atomic E-state index is 5.45. The van der Waals surface area contributed by atoms with Gasteiger partial charge in [0.05, 0.1) is 6.61 Å². The monoisotopic (exact) mass is 131 g/mol. The Morgan fingerprint density at radius 3 is 2.11 bits per heavy atom. The van der Waals surface area contributed by atoms with Crippen molar-refractivity contribution in [3.63, 3.8) is 0 Å². The maximum atomic E-state index is 5.45. The summed E-state index contributed by atoms with van der Waals surface area (Å²) in [5.74, 6) is 0.615. The fourth-order valence-electron chi connectivity index (χ4n) is 0.490. The predicted molar refractivity (Wildman–Crippen MR) is 39.3 cm³/mol. The normalized spacial score (nSPS) is 14.3. The first kappa shape index (κ1) is 8.92. The zero-order valence-corrected chi connectivity index (χ0v) is 6.55. The molecule has 0 saturated carbocycles. The number of nitrogens with two attached hydrogens (primary N) is 1. The summed E-state index contributed by atoms with van der Waals surface area (Å²) in [4.78, 5) is 0. The van der Waals surface area contributed by atoms with Crippen molar-refractivity contribution >= 4 is 0 Å². The molecule has 0 heterocycles. The zero-order valence-electron chi connectivity index (χ0n) is 6.55. The van der Waals surface area contributed by atoms with Crippen LogP contribution in [0, 0.1) is 5.92 Å². The molecule has 0 fully saturated rings. The minimum absolute atomic E-state index is 0.170. The highest BCUT2D eigenvalue weighted by atomic mass is 16.5. The van der Waals surface area contributed by atoms with E-state index >= 15 is 0 Å². The van der Waals surface area contributed by atoms with E-state index in [1.807, 2.05) is 6.92 Å². The quantitative estimate of drug-likeness (QED) is 0.618. The van der Waals surface area contributed by atoms with Crippen LogP contribution in [0.15, 0.2) is 0 Å². The lowest BCUT2D eigenvalue weighted by Crippen LogP contribution is -2.22. The van der Waals surface area contributed by atoms with Crippen LogP contribution >= 0.6 is 0 Å². The molecule has 56 valence electrons. The minimum atomic E-state index is 0.170. The van der Waals surface area contributed by atoms with Crippen molar-refractivity contribution in [1.29, 1.82) is 0 Å². The van der Waals surface area contributed by atoms with E-state index in [4.69, 9.17) is 10.5 Å². The largest absolute Gasteiger partial charge is 0.380 e. The van der Waals surface area contributed by atoms with E-state index in [0.717, 1.165) is 6.61 Å². The molecule has 9 heavy (non-hydrogen) atoms. The van der Waals surface area contributed by atoms with Crippen LogP contribution in [0.5, 0.6) is 0 Å². The van der Waals surface area contributed by atoms with Crippen molar-refractivity contribution in [1.82, 2.24) is 0 Å². The van der Waals surface area contributed by atoms with E-state index in [2.05, 4.69) is 13.8 Å². The van der Waals surface area contributed by atoms with Crippen LogP contribution in [0.2, 0.25) is 0 Å². The Labute approximate surface area is 57.4 Å². The highest BCUT2D eigenvalue weighted by Crippen LogP contribution is 1.92. The van der Waals surface area contributed by atoms with Crippen molar-refractivity contribution in [3.8, 4) is 0 Å². The van der Waals surface area contributed by atoms with Crippen LogP contribution in [0.1, 0.15) is 20.8 Å². The second kappa shape index (κ2) is 4.77. The highest BCUT2D eigenvalue weighted by Gasteiger charge is 1.95. The highest BCUT2D eigenvalue weighted by molar-refractivity contribution is 4.49. The van der Waals surface area contributed by atoms with Crippen LogP contribution in [0.3, 0.4) is 0 Å². The average Bonchev–Trinajstić information content (AvgIpc) is 1.63. The Morgan fingerprint density at radius 2 is 1.78 bits per heavy atom. The second-order valence-electron chi connectivity index (χ2n) is 2.91. The van der Waals surface area contributed by atoms with Crippen LogP contribution in [-0.4, -0.2) is 19.3 Å². The van der Waals surface area contributed by atoms with Crippen LogP contribution in [0.4, 0.5) is 0 Å². The van der Waals surface area contributed by atoms with Gasteiger partial charge in [0.15, 0.2) is 0 Å². The molecule has 0 aliphatic heterocycles. The second-order valence-corrected chi connectivity index (χ2v) is 2.91. The summed E-state index contributed by atoms with van der Waals surface area (Å²) in [6.45, 7) is 7.70. The Bertz CT molecular complexity index is 53.9. The van der Waals surface area contributed by atoms with Gasteiger partial charge in [-0.3, -0.25) is 0 Å². The van der Waals surface area contributed by atoms with E-state index < -0.39 is 0 Å². The third kappa shape index (κ3) is 7.92. The summed E-state index contributed by atoms with van der Waals surface area (Å²) in [6.07, 6.45) is 0. The van der Waals surface area contributed by atoms with Crippen LogP contribution in [-0.2, 0) is 4.74 Å². The molecule has 0 aliphatic carbocycles. The van der Waals surface area contributed by atoms with Crippen molar-refractivity contribution < 1.29 is 4.74 Å².